The number of H-pyrrole nitrogens is 1. The van der Waals surface area contributed by atoms with Crippen LogP contribution in [0.25, 0.3) is 16.6 Å². The first kappa shape index (κ1) is 19.5. The van der Waals surface area contributed by atoms with Gasteiger partial charge in [-0.2, -0.15) is 5.26 Å². The Morgan fingerprint density at radius 2 is 2.23 bits per heavy atom. The van der Waals surface area contributed by atoms with Crippen molar-refractivity contribution in [2.24, 2.45) is 10.7 Å². The van der Waals surface area contributed by atoms with Crippen molar-refractivity contribution in [2.45, 2.75) is 12.5 Å². The maximum Gasteiger partial charge on any atom is 0.141 e. The molecule has 3 aromatic rings. The highest BCUT2D eigenvalue weighted by atomic mass is 16.5. The van der Waals surface area contributed by atoms with Crippen LogP contribution >= 0.6 is 0 Å². The molecule has 1 aliphatic heterocycles. The summed E-state index contributed by atoms with van der Waals surface area (Å²) in [4.78, 5) is 22.9. The number of rotatable bonds is 6. The van der Waals surface area contributed by atoms with Gasteiger partial charge in [-0.1, -0.05) is 0 Å². The molecule has 1 unspecified atom stereocenters. The topological polar surface area (TPSA) is 129 Å². The Morgan fingerprint density at radius 1 is 1.37 bits per heavy atom. The fourth-order valence-corrected chi connectivity index (χ4v) is 3.42. The molecule has 0 spiro atoms. The number of hydrogen-bond donors (Lipinski definition) is 2. The van der Waals surface area contributed by atoms with Crippen molar-refractivity contribution < 1.29 is 4.74 Å². The molecular formula is C21H22N8O. The minimum Gasteiger partial charge on any atom is -0.404 e. The van der Waals surface area contributed by atoms with Crippen molar-refractivity contribution in [2.75, 3.05) is 31.2 Å². The van der Waals surface area contributed by atoms with Gasteiger partial charge in [0.25, 0.3) is 0 Å². The summed E-state index contributed by atoms with van der Waals surface area (Å²) < 4.78 is 5.42. The second-order valence-electron chi connectivity index (χ2n) is 6.82. The van der Waals surface area contributed by atoms with E-state index in [0.29, 0.717) is 24.5 Å². The monoisotopic (exact) mass is 402 g/mol. The van der Waals surface area contributed by atoms with E-state index in [-0.39, 0.29) is 12.5 Å². The number of nitrogens with two attached hydrogens (primary N) is 1. The van der Waals surface area contributed by atoms with Gasteiger partial charge >= 0.3 is 0 Å². The average Bonchev–Trinajstić information content (AvgIpc) is 3.29. The maximum atomic E-state index is 9.33. The number of morpholine rings is 1. The molecule has 0 amide bonds. The van der Waals surface area contributed by atoms with E-state index in [9.17, 15) is 5.26 Å². The smallest absolute Gasteiger partial charge is 0.141 e. The van der Waals surface area contributed by atoms with Crippen LogP contribution in [-0.2, 0) is 4.74 Å². The Bertz CT molecular complexity index is 1110. The lowest BCUT2D eigenvalue weighted by molar-refractivity contribution is 0.122. The summed E-state index contributed by atoms with van der Waals surface area (Å²) in [6, 6.07) is 5.79. The molecule has 1 aliphatic rings. The molecule has 0 radical (unpaired) electrons. The van der Waals surface area contributed by atoms with E-state index in [1.807, 2.05) is 18.3 Å². The lowest BCUT2D eigenvalue weighted by atomic mass is 10.1. The maximum absolute atomic E-state index is 9.33. The first-order chi connectivity index (χ1) is 14.8. The fraction of sp³-hybridized carbons (Fsp3) is 0.286. The Morgan fingerprint density at radius 3 is 3.03 bits per heavy atom. The van der Waals surface area contributed by atoms with Gasteiger partial charge in [-0.15, -0.1) is 0 Å². The Hall–Kier alpha value is -3.77. The van der Waals surface area contributed by atoms with Gasteiger partial charge in [0.1, 0.15) is 12.0 Å². The standard InChI is InChI=1S/C21H22N8O/c22-3-1-19(15-9-17(13-24-11-15)29-5-7-30-8-6-29)26-12-16(10-23)20-18-2-4-25-21(18)28-14-27-20/h2,4,9-14,19H,1,5-8,23H2,(H,25,27,28). The number of hydrogen-bond acceptors (Lipinski definition) is 8. The summed E-state index contributed by atoms with van der Waals surface area (Å²) >= 11 is 0. The molecule has 0 bridgehead atoms. The van der Waals surface area contributed by atoms with E-state index >= 15 is 0 Å². The predicted molar refractivity (Wildman–Crippen MR) is 115 cm³/mol. The molecule has 9 heteroatoms. The van der Waals surface area contributed by atoms with Crippen LogP contribution in [0.15, 0.2) is 48.2 Å². The summed E-state index contributed by atoms with van der Waals surface area (Å²) in [6.07, 6.45) is 10.2. The zero-order valence-corrected chi connectivity index (χ0v) is 16.4. The van der Waals surface area contributed by atoms with Crippen LogP contribution in [0.2, 0.25) is 0 Å². The zero-order valence-electron chi connectivity index (χ0n) is 16.4. The van der Waals surface area contributed by atoms with E-state index in [0.717, 1.165) is 35.4 Å². The van der Waals surface area contributed by atoms with Crippen LogP contribution in [0, 0.1) is 11.3 Å². The van der Waals surface area contributed by atoms with Crippen molar-refractivity contribution in [3.63, 3.8) is 0 Å². The van der Waals surface area contributed by atoms with Gasteiger partial charge in [-0.25, -0.2) is 9.97 Å². The molecular weight excluding hydrogens is 380 g/mol. The minimum absolute atomic E-state index is 0.228. The minimum atomic E-state index is -0.359. The molecule has 1 atom stereocenters. The number of ether oxygens (including phenoxy) is 1. The third-order valence-electron chi connectivity index (χ3n) is 4.99. The van der Waals surface area contributed by atoms with E-state index in [1.54, 1.807) is 18.6 Å². The van der Waals surface area contributed by atoms with Gasteiger partial charge in [0, 0.05) is 48.9 Å². The zero-order chi connectivity index (χ0) is 20.8. The van der Waals surface area contributed by atoms with Gasteiger partial charge in [-0.05, 0) is 17.7 Å². The molecule has 0 aliphatic carbocycles. The average molecular weight is 402 g/mol. The second-order valence-corrected chi connectivity index (χ2v) is 6.82. The first-order valence-corrected chi connectivity index (χ1v) is 9.68. The molecule has 4 rings (SSSR count). The normalized spacial score (nSPS) is 16.1. The summed E-state index contributed by atoms with van der Waals surface area (Å²) in [6.45, 7) is 3.03. The number of aromatic nitrogens is 4. The Labute approximate surface area is 173 Å². The lowest BCUT2D eigenvalue weighted by Crippen LogP contribution is -2.36. The van der Waals surface area contributed by atoms with Gasteiger partial charge in [0.05, 0.1) is 49.3 Å². The number of nitriles is 1. The first-order valence-electron chi connectivity index (χ1n) is 9.68. The molecule has 0 aromatic carbocycles. The summed E-state index contributed by atoms with van der Waals surface area (Å²) in [5.41, 5.74) is 9.81. The summed E-state index contributed by atoms with van der Waals surface area (Å²) in [7, 11) is 0. The molecule has 4 heterocycles. The molecule has 152 valence electrons. The number of aromatic amines is 1. The molecule has 0 saturated carbocycles. The van der Waals surface area contributed by atoms with Crippen LogP contribution in [0.3, 0.4) is 0 Å². The quantitative estimate of drug-likeness (QED) is 0.605. The highest BCUT2D eigenvalue weighted by Gasteiger charge is 2.16. The van der Waals surface area contributed by atoms with Crippen molar-refractivity contribution in [1.29, 1.82) is 5.26 Å². The Kier molecular flexibility index (Phi) is 5.96. The number of fused-ring (bicyclic) bond motifs is 1. The van der Waals surface area contributed by atoms with Crippen LogP contribution in [0.5, 0.6) is 0 Å². The van der Waals surface area contributed by atoms with Crippen molar-refractivity contribution >= 4 is 28.5 Å². The largest absolute Gasteiger partial charge is 0.404 e. The van der Waals surface area contributed by atoms with E-state index in [2.05, 4.69) is 35.9 Å². The molecule has 1 fully saturated rings. The van der Waals surface area contributed by atoms with Crippen molar-refractivity contribution in [3.05, 3.63) is 54.5 Å². The number of aliphatic imine (C=N–C) groups is 1. The number of nitrogens with one attached hydrogen (secondary N) is 1. The summed E-state index contributed by atoms with van der Waals surface area (Å²) in [5, 5.41) is 10.2. The van der Waals surface area contributed by atoms with Crippen LogP contribution < -0.4 is 10.6 Å². The molecule has 3 aromatic heterocycles. The lowest BCUT2D eigenvalue weighted by Gasteiger charge is -2.29. The number of nitrogens with zero attached hydrogens (tertiary/aromatic N) is 6. The molecule has 1 saturated heterocycles. The van der Waals surface area contributed by atoms with Gasteiger partial charge < -0.3 is 20.4 Å². The Balaban J connectivity index is 1.61. The number of pyridine rings is 1. The number of anilines is 1. The van der Waals surface area contributed by atoms with E-state index < -0.39 is 0 Å². The second kappa shape index (κ2) is 9.15. The van der Waals surface area contributed by atoms with Crippen LogP contribution in [0.1, 0.15) is 23.7 Å². The van der Waals surface area contributed by atoms with E-state index in [4.69, 9.17) is 10.5 Å². The van der Waals surface area contributed by atoms with Crippen LogP contribution in [-0.4, -0.2) is 52.5 Å². The van der Waals surface area contributed by atoms with Gasteiger partial charge in [0.2, 0.25) is 0 Å². The van der Waals surface area contributed by atoms with Crippen molar-refractivity contribution in [3.8, 4) is 6.07 Å². The molecule has 3 N–H and O–H groups in total. The third kappa shape index (κ3) is 4.14. The van der Waals surface area contributed by atoms with Gasteiger partial charge in [-0.3, -0.25) is 9.98 Å². The fourth-order valence-electron chi connectivity index (χ4n) is 3.42. The number of allylic oxidation sites excluding steroid dienone is 1. The summed E-state index contributed by atoms with van der Waals surface area (Å²) in [5.74, 6) is 0. The van der Waals surface area contributed by atoms with Gasteiger partial charge in [0.15, 0.2) is 0 Å². The SMILES string of the molecule is N#CCC(N=CC(=CN)c1ncnc2[nH]ccc12)c1cncc(N2CCOCC2)c1. The van der Waals surface area contributed by atoms with Crippen molar-refractivity contribution in [1.82, 2.24) is 19.9 Å². The third-order valence-corrected chi connectivity index (χ3v) is 4.99. The highest BCUT2D eigenvalue weighted by Crippen LogP contribution is 2.26. The molecule has 9 nitrogen and oxygen atoms in total. The van der Waals surface area contributed by atoms with Crippen LogP contribution in [0.4, 0.5) is 5.69 Å². The predicted octanol–water partition coefficient (Wildman–Crippen LogP) is 2.21. The highest BCUT2D eigenvalue weighted by molar-refractivity contribution is 6.13. The molecule has 30 heavy (non-hydrogen) atoms. The van der Waals surface area contributed by atoms with E-state index in [1.165, 1.54) is 12.5 Å².